The molecule has 176 valence electrons. The molecule has 0 saturated carbocycles. The molecule has 0 unspecified atom stereocenters. The van der Waals surface area contributed by atoms with Crippen LogP contribution in [0.2, 0.25) is 0 Å². The number of non-ortho nitro benzene ring substituents is 1. The quantitative estimate of drug-likeness (QED) is 0.284. The van der Waals surface area contributed by atoms with Crippen molar-refractivity contribution in [2.24, 2.45) is 0 Å². The van der Waals surface area contributed by atoms with Crippen molar-refractivity contribution in [1.29, 1.82) is 0 Å². The van der Waals surface area contributed by atoms with Crippen molar-refractivity contribution >= 4 is 33.3 Å². The van der Waals surface area contributed by atoms with E-state index >= 15 is 0 Å². The maximum Gasteiger partial charge on any atom is 0.339 e. The van der Waals surface area contributed by atoms with Gasteiger partial charge in [-0.15, -0.1) is 0 Å². The SMILES string of the molecule is Cc1cccc(C)c1NC(=O)CNC(=O)c1ccc(OS(=O)(=O)c2cccc([N+](=O)[O-])c2)cc1. The lowest BCUT2D eigenvalue weighted by Gasteiger charge is -2.12. The second-order valence-corrected chi connectivity index (χ2v) is 8.86. The first-order chi connectivity index (χ1) is 16.1. The average Bonchev–Trinajstić information content (AvgIpc) is 2.80. The van der Waals surface area contributed by atoms with Crippen molar-refractivity contribution in [2.75, 3.05) is 11.9 Å². The van der Waals surface area contributed by atoms with Crippen molar-refractivity contribution in [2.45, 2.75) is 18.7 Å². The number of nitro benzene ring substituents is 1. The summed E-state index contributed by atoms with van der Waals surface area (Å²) >= 11 is 0. The van der Waals surface area contributed by atoms with E-state index in [4.69, 9.17) is 4.18 Å². The number of hydrogen-bond donors (Lipinski definition) is 2. The fraction of sp³-hybridized carbons (Fsp3) is 0.130. The van der Waals surface area contributed by atoms with Gasteiger partial charge < -0.3 is 14.8 Å². The van der Waals surface area contributed by atoms with Crippen molar-refractivity contribution in [3.8, 4) is 5.75 Å². The standard InChI is InChI=1S/C23H21N3O7S/c1-15-5-3-6-16(2)22(15)25-21(27)14-24-23(28)17-9-11-19(12-10-17)33-34(31,32)20-8-4-7-18(13-20)26(29)30/h3-13H,14H2,1-2H3,(H,24,28)(H,25,27). The van der Waals surface area contributed by atoms with Gasteiger partial charge in [-0.1, -0.05) is 24.3 Å². The molecule has 0 aromatic heterocycles. The molecule has 0 saturated heterocycles. The van der Waals surface area contributed by atoms with Gasteiger partial charge in [0.05, 0.1) is 11.5 Å². The van der Waals surface area contributed by atoms with Crippen molar-refractivity contribution in [1.82, 2.24) is 5.32 Å². The van der Waals surface area contributed by atoms with Crippen LogP contribution in [0.1, 0.15) is 21.5 Å². The minimum atomic E-state index is -4.32. The molecule has 0 aliphatic carbocycles. The Kier molecular flexibility index (Phi) is 7.27. The van der Waals surface area contributed by atoms with E-state index in [0.717, 1.165) is 23.3 Å². The number of carbonyl (C=O) groups excluding carboxylic acids is 2. The fourth-order valence-corrected chi connectivity index (χ4v) is 4.02. The highest BCUT2D eigenvalue weighted by molar-refractivity contribution is 7.87. The molecule has 0 fully saturated rings. The summed E-state index contributed by atoms with van der Waals surface area (Å²) in [5.74, 6) is -1.02. The molecule has 0 aliphatic heterocycles. The van der Waals surface area contributed by atoms with E-state index in [1.165, 1.54) is 36.4 Å². The topological polar surface area (TPSA) is 145 Å². The van der Waals surface area contributed by atoms with Crippen LogP contribution in [0.4, 0.5) is 11.4 Å². The van der Waals surface area contributed by atoms with Crippen LogP contribution in [0, 0.1) is 24.0 Å². The van der Waals surface area contributed by atoms with Gasteiger partial charge in [-0.05, 0) is 55.3 Å². The van der Waals surface area contributed by atoms with Crippen LogP contribution in [0.25, 0.3) is 0 Å². The van der Waals surface area contributed by atoms with Crippen LogP contribution in [-0.4, -0.2) is 31.7 Å². The Morgan fingerprint density at radius 1 is 0.971 bits per heavy atom. The third-order valence-corrected chi connectivity index (χ3v) is 6.04. The molecular formula is C23H21N3O7S. The van der Waals surface area contributed by atoms with Gasteiger partial charge in [0.1, 0.15) is 10.6 Å². The third-order valence-electron chi connectivity index (χ3n) is 4.79. The van der Waals surface area contributed by atoms with Crippen molar-refractivity contribution in [3.63, 3.8) is 0 Å². The number of hydrogen-bond acceptors (Lipinski definition) is 7. The van der Waals surface area contributed by atoms with Crippen LogP contribution in [0.5, 0.6) is 5.75 Å². The third kappa shape index (κ3) is 5.95. The molecule has 34 heavy (non-hydrogen) atoms. The molecule has 2 amide bonds. The molecule has 0 radical (unpaired) electrons. The second-order valence-electron chi connectivity index (χ2n) is 7.31. The molecular weight excluding hydrogens is 462 g/mol. The highest BCUT2D eigenvalue weighted by Gasteiger charge is 2.20. The first kappa shape index (κ1) is 24.4. The Labute approximate surface area is 195 Å². The van der Waals surface area contributed by atoms with Gasteiger partial charge in [0.15, 0.2) is 0 Å². The Morgan fingerprint density at radius 2 is 1.59 bits per heavy atom. The van der Waals surface area contributed by atoms with E-state index in [1.54, 1.807) is 0 Å². The Hall–Kier alpha value is -4.25. The van der Waals surface area contributed by atoms with Gasteiger partial charge in [0.2, 0.25) is 5.91 Å². The average molecular weight is 484 g/mol. The molecule has 0 bridgehead atoms. The summed E-state index contributed by atoms with van der Waals surface area (Å²) < 4.78 is 29.8. The van der Waals surface area contributed by atoms with Crippen molar-refractivity contribution < 1.29 is 27.1 Å². The van der Waals surface area contributed by atoms with Crippen LogP contribution in [0.3, 0.4) is 0 Å². The van der Waals surface area contributed by atoms with Gasteiger partial charge in [-0.3, -0.25) is 19.7 Å². The normalized spacial score (nSPS) is 10.9. The number of aryl methyl sites for hydroxylation is 2. The summed E-state index contributed by atoms with van der Waals surface area (Å²) in [4.78, 5) is 34.3. The van der Waals surface area contributed by atoms with Crippen LogP contribution >= 0.6 is 0 Å². The summed E-state index contributed by atoms with van der Waals surface area (Å²) in [5.41, 5.74) is 2.28. The lowest BCUT2D eigenvalue weighted by Crippen LogP contribution is -2.33. The van der Waals surface area contributed by atoms with Crippen LogP contribution < -0.4 is 14.8 Å². The van der Waals surface area contributed by atoms with Gasteiger partial charge >= 0.3 is 10.1 Å². The van der Waals surface area contributed by atoms with Crippen molar-refractivity contribution in [3.05, 3.63) is 93.5 Å². The summed E-state index contributed by atoms with van der Waals surface area (Å²) in [6.07, 6.45) is 0. The fourth-order valence-electron chi connectivity index (χ4n) is 3.05. The lowest BCUT2D eigenvalue weighted by atomic mass is 10.1. The van der Waals surface area contributed by atoms with E-state index in [1.807, 2.05) is 32.0 Å². The van der Waals surface area contributed by atoms with Crippen LogP contribution in [-0.2, 0) is 14.9 Å². The van der Waals surface area contributed by atoms with E-state index in [-0.39, 0.29) is 22.8 Å². The minimum absolute atomic E-state index is 0.0872. The zero-order valence-electron chi connectivity index (χ0n) is 18.3. The molecule has 10 nitrogen and oxygen atoms in total. The summed E-state index contributed by atoms with van der Waals surface area (Å²) in [7, 11) is -4.32. The highest BCUT2D eigenvalue weighted by atomic mass is 32.2. The molecule has 0 spiro atoms. The number of anilines is 1. The molecule has 11 heteroatoms. The second kappa shape index (κ2) is 10.1. The van der Waals surface area contributed by atoms with E-state index in [9.17, 15) is 28.1 Å². The van der Waals surface area contributed by atoms with Gasteiger partial charge in [0.25, 0.3) is 11.6 Å². The minimum Gasteiger partial charge on any atom is -0.379 e. The predicted octanol–water partition coefficient (Wildman–Crippen LogP) is 3.35. The highest BCUT2D eigenvalue weighted by Crippen LogP contribution is 2.22. The number of nitrogens with one attached hydrogen (secondary N) is 2. The van der Waals surface area contributed by atoms with E-state index in [2.05, 4.69) is 10.6 Å². The number of carbonyl (C=O) groups is 2. The lowest BCUT2D eigenvalue weighted by molar-refractivity contribution is -0.385. The van der Waals surface area contributed by atoms with E-state index < -0.39 is 32.5 Å². The predicted molar refractivity (Wildman–Crippen MR) is 124 cm³/mol. The zero-order chi connectivity index (χ0) is 24.9. The molecule has 3 rings (SSSR count). The van der Waals surface area contributed by atoms with E-state index in [0.29, 0.717) is 5.69 Å². The monoisotopic (exact) mass is 483 g/mol. The number of nitrogens with zero attached hydrogens (tertiary/aromatic N) is 1. The van der Waals surface area contributed by atoms with Gasteiger partial charge in [0, 0.05) is 23.4 Å². The molecule has 3 aromatic rings. The maximum absolute atomic E-state index is 12.4. The zero-order valence-corrected chi connectivity index (χ0v) is 19.1. The molecule has 0 heterocycles. The number of nitro groups is 1. The maximum atomic E-state index is 12.4. The summed E-state index contributed by atoms with van der Waals surface area (Å²) in [5, 5.41) is 16.1. The number of benzene rings is 3. The number of rotatable bonds is 8. The number of para-hydroxylation sites is 1. The Morgan fingerprint density at radius 3 is 2.21 bits per heavy atom. The van der Waals surface area contributed by atoms with Gasteiger partial charge in [-0.25, -0.2) is 0 Å². The van der Waals surface area contributed by atoms with Crippen LogP contribution in [0.15, 0.2) is 71.6 Å². The first-order valence-corrected chi connectivity index (χ1v) is 11.4. The summed E-state index contributed by atoms with van der Waals surface area (Å²) in [6.45, 7) is 3.47. The molecule has 0 atom stereocenters. The molecule has 2 N–H and O–H groups in total. The smallest absolute Gasteiger partial charge is 0.339 e. The van der Waals surface area contributed by atoms with Gasteiger partial charge in [-0.2, -0.15) is 8.42 Å². The Balaban J connectivity index is 1.60. The number of amides is 2. The first-order valence-electron chi connectivity index (χ1n) is 10.00. The summed E-state index contributed by atoms with van der Waals surface area (Å²) in [6, 6.07) is 15.3. The molecule has 3 aromatic carbocycles. The Bertz CT molecular complexity index is 1330. The molecule has 0 aliphatic rings. The largest absolute Gasteiger partial charge is 0.379 e.